The summed E-state index contributed by atoms with van der Waals surface area (Å²) in [5.74, 6) is -1.75. The predicted molar refractivity (Wildman–Crippen MR) is 96.5 cm³/mol. The predicted octanol–water partition coefficient (Wildman–Crippen LogP) is 0.730. The Morgan fingerprint density at radius 1 is 1.27 bits per heavy atom. The fourth-order valence-corrected chi connectivity index (χ4v) is 2.97. The summed E-state index contributed by atoms with van der Waals surface area (Å²) in [5, 5.41) is 12.1. The van der Waals surface area contributed by atoms with Gasteiger partial charge in [0.1, 0.15) is 11.1 Å². The van der Waals surface area contributed by atoms with Crippen LogP contribution in [-0.4, -0.2) is 44.1 Å². The number of aromatic amines is 1. The van der Waals surface area contributed by atoms with Crippen molar-refractivity contribution < 1.29 is 19.5 Å². The Bertz CT molecular complexity index is 778. The van der Waals surface area contributed by atoms with Gasteiger partial charge in [-0.05, 0) is 23.7 Å². The SMILES string of the molecule is CC(=O)Sc1nc[nH]c1CC(NC(=O)C(N)Cc1ccccc1)C(=O)O. The smallest absolute Gasteiger partial charge is 0.326 e. The van der Waals surface area contributed by atoms with Crippen LogP contribution in [-0.2, 0) is 27.2 Å². The molecule has 2 aromatic rings. The van der Waals surface area contributed by atoms with Crippen LogP contribution in [0.4, 0.5) is 0 Å². The van der Waals surface area contributed by atoms with Gasteiger partial charge in [-0.25, -0.2) is 9.78 Å². The van der Waals surface area contributed by atoms with Gasteiger partial charge in [-0.1, -0.05) is 30.3 Å². The van der Waals surface area contributed by atoms with Crippen molar-refractivity contribution in [2.45, 2.75) is 36.9 Å². The largest absolute Gasteiger partial charge is 0.480 e. The number of nitrogens with two attached hydrogens (primary N) is 1. The molecule has 0 radical (unpaired) electrons. The quantitative estimate of drug-likeness (QED) is 0.498. The Labute approximate surface area is 154 Å². The van der Waals surface area contributed by atoms with Gasteiger partial charge in [-0.2, -0.15) is 0 Å². The van der Waals surface area contributed by atoms with Crippen molar-refractivity contribution in [2.24, 2.45) is 5.73 Å². The molecular formula is C17H20N4O4S. The number of aromatic nitrogens is 2. The molecule has 0 saturated heterocycles. The van der Waals surface area contributed by atoms with E-state index in [4.69, 9.17) is 5.73 Å². The van der Waals surface area contributed by atoms with E-state index in [1.807, 2.05) is 30.3 Å². The van der Waals surface area contributed by atoms with E-state index < -0.39 is 24.0 Å². The molecule has 26 heavy (non-hydrogen) atoms. The van der Waals surface area contributed by atoms with Crippen molar-refractivity contribution in [3.8, 4) is 0 Å². The molecule has 5 N–H and O–H groups in total. The number of H-pyrrole nitrogens is 1. The lowest BCUT2D eigenvalue weighted by Crippen LogP contribution is -2.50. The number of imidazole rings is 1. The standard InChI is InChI=1S/C17H20N4O4S/c1-10(22)26-16-13(19-9-20-16)8-14(17(24)25)21-15(23)12(18)7-11-5-3-2-4-6-11/h2-6,9,12,14H,7-8,18H2,1H3,(H,19,20)(H,21,23)(H,24,25). The molecule has 0 fully saturated rings. The second-order valence-electron chi connectivity index (χ2n) is 5.68. The number of aliphatic carboxylic acids is 1. The maximum Gasteiger partial charge on any atom is 0.326 e. The molecule has 0 saturated carbocycles. The Balaban J connectivity index is 2.01. The summed E-state index contributed by atoms with van der Waals surface area (Å²) >= 11 is 0.901. The van der Waals surface area contributed by atoms with E-state index in [-0.39, 0.29) is 11.5 Å². The highest BCUT2D eigenvalue weighted by Gasteiger charge is 2.25. The summed E-state index contributed by atoms with van der Waals surface area (Å²) in [6.45, 7) is 1.39. The van der Waals surface area contributed by atoms with Gasteiger partial charge in [-0.3, -0.25) is 9.59 Å². The number of carbonyl (C=O) groups excluding carboxylic acids is 2. The molecule has 1 aromatic heterocycles. The van der Waals surface area contributed by atoms with Gasteiger partial charge < -0.3 is 21.1 Å². The molecule has 8 nitrogen and oxygen atoms in total. The number of hydrogen-bond donors (Lipinski definition) is 4. The number of benzene rings is 1. The van der Waals surface area contributed by atoms with Gasteiger partial charge in [0, 0.05) is 13.3 Å². The Kier molecular flexibility index (Phi) is 6.93. The molecule has 2 rings (SSSR count). The number of amides is 1. The van der Waals surface area contributed by atoms with Crippen LogP contribution < -0.4 is 11.1 Å². The van der Waals surface area contributed by atoms with Gasteiger partial charge in [0.25, 0.3) is 0 Å². The molecule has 0 bridgehead atoms. The van der Waals surface area contributed by atoms with E-state index in [0.29, 0.717) is 17.1 Å². The van der Waals surface area contributed by atoms with E-state index in [0.717, 1.165) is 17.3 Å². The number of rotatable bonds is 8. The number of carboxylic acid groups (broad SMARTS) is 1. The summed E-state index contributed by atoms with van der Waals surface area (Å²) in [6, 6.07) is 7.17. The van der Waals surface area contributed by atoms with Crippen molar-refractivity contribution in [1.82, 2.24) is 15.3 Å². The van der Waals surface area contributed by atoms with E-state index in [1.165, 1.54) is 13.3 Å². The minimum atomic E-state index is -1.20. The van der Waals surface area contributed by atoms with Crippen LogP contribution in [0.1, 0.15) is 18.2 Å². The van der Waals surface area contributed by atoms with Gasteiger partial charge in [0.15, 0.2) is 5.12 Å². The van der Waals surface area contributed by atoms with Crippen molar-refractivity contribution in [3.05, 3.63) is 47.9 Å². The molecule has 0 aliphatic rings. The van der Waals surface area contributed by atoms with Crippen LogP contribution in [0.5, 0.6) is 0 Å². The highest BCUT2D eigenvalue weighted by molar-refractivity contribution is 8.13. The monoisotopic (exact) mass is 376 g/mol. The Morgan fingerprint density at radius 2 is 1.96 bits per heavy atom. The second kappa shape index (κ2) is 9.16. The molecular weight excluding hydrogens is 356 g/mol. The maximum absolute atomic E-state index is 12.3. The summed E-state index contributed by atoms with van der Waals surface area (Å²) < 4.78 is 0. The highest BCUT2D eigenvalue weighted by Crippen LogP contribution is 2.20. The van der Waals surface area contributed by atoms with Crippen molar-refractivity contribution in [2.75, 3.05) is 0 Å². The molecule has 2 unspecified atom stereocenters. The first-order valence-electron chi connectivity index (χ1n) is 7.90. The minimum Gasteiger partial charge on any atom is -0.480 e. The first-order chi connectivity index (χ1) is 12.4. The zero-order chi connectivity index (χ0) is 19.1. The van der Waals surface area contributed by atoms with E-state index >= 15 is 0 Å². The third-order valence-corrected chi connectivity index (χ3v) is 4.41. The van der Waals surface area contributed by atoms with Crippen LogP contribution in [0, 0.1) is 0 Å². The molecule has 2 atom stereocenters. The molecule has 9 heteroatoms. The van der Waals surface area contributed by atoms with Crippen molar-refractivity contribution >= 4 is 28.8 Å². The van der Waals surface area contributed by atoms with E-state index in [1.54, 1.807) is 0 Å². The van der Waals surface area contributed by atoms with Gasteiger partial charge in [0.05, 0.1) is 18.1 Å². The minimum absolute atomic E-state index is 0.0330. The van der Waals surface area contributed by atoms with Gasteiger partial charge >= 0.3 is 5.97 Å². The van der Waals surface area contributed by atoms with Crippen LogP contribution in [0.25, 0.3) is 0 Å². The molecule has 0 spiro atoms. The zero-order valence-electron chi connectivity index (χ0n) is 14.1. The van der Waals surface area contributed by atoms with Crippen LogP contribution in [0.15, 0.2) is 41.7 Å². The number of carbonyl (C=O) groups is 3. The van der Waals surface area contributed by atoms with Crippen molar-refractivity contribution in [1.29, 1.82) is 0 Å². The van der Waals surface area contributed by atoms with E-state index in [2.05, 4.69) is 15.3 Å². The zero-order valence-corrected chi connectivity index (χ0v) is 15.0. The topological polar surface area (TPSA) is 138 Å². The lowest BCUT2D eigenvalue weighted by atomic mass is 10.1. The summed E-state index contributed by atoms with van der Waals surface area (Å²) in [4.78, 5) is 41.8. The maximum atomic E-state index is 12.3. The Hall–Kier alpha value is -2.65. The third-order valence-electron chi connectivity index (χ3n) is 3.58. The van der Waals surface area contributed by atoms with Crippen LogP contribution >= 0.6 is 11.8 Å². The molecule has 1 amide bonds. The number of carboxylic acids is 1. The van der Waals surface area contributed by atoms with Gasteiger partial charge in [-0.15, -0.1) is 0 Å². The molecule has 0 aliphatic heterocycles. The lowest BCUT2D eigenvalue weighted by molar-refractivity contribution is -0.142. The fraction of sp³-hybridized carbons (Fsp3) is 0.294. The third kappa shape index (κ3) is 5.71. The molecule has 1 aromatic carbocycles. The number of nitrogens with one attached hydrogen (secondary N) is 2. The van der Waals surface area contributed by atoms with Crippen molar-refractivity contribution in [3.63, 3.8) is 0 Å². The average molecular weight is 376 g/mol. The van der Waals surface area contributed by atoms with E-state index in [9.17, 15) is 19.5 Å². The summed E-state index contributed by atoms with van der Waals surface area (Å²) in [5.41, 5.74) is 7.25. The summed E-state index contributed by atoms with van der Waals surface area (Å²) in [7, 11) is 0. The normalized spacial score (nSPS) is 13.0. The number of nitrogens with zero attached hydrogens (tertiary/aromatic N) is 1. The van der Waals surface area contributed by atoms with Gasteiger partial charge in [0.2, 0.25) is 5.91 Å². The second-order valence-corrected chi connectivity index (χ2v) is 6.85. The average Bonchev–Trinajstić information content (AvgIpc) is 3.01. The van der Waals surface area contributed by atoms with Crippen LogP contribution in [0.3, 0.4) is 0 Å². The lowest BCUT2D eigenvalue weighted by Gasteiger charge is -2.18. The first-order valence-corrected chi connectivity index (χ1v) is 8.71. The molecule has 138 valence electrons. The molecule has 1 heterocycles. The summed E-state index contributed by atoms with van der Waals surface area (Å²) in [6.07, 6.45) is 1.64. The molecule has 0 aliphatic carbocycles. The number of thioether (sulfide) groups is 1. The fourth-order valence-electron chi connectivity index (χ4n) is 2.32. The highest BCUT2D eigenvalue weighted by atomic mass is 32.2. The first kappa shape index (κ1) is 19.7. The Morgan fingerprint density at radius 3 is 2.58 bits per heavy atom. The van der Waals surface area contributed by atoms with Crippen LogP contribution in [0.2, 0.25) is 0 Å². The number of hydrogen-bond acceptors (Lipinski definition) is 6.